The maximum atomic E-state index is 12.8. The molecule has 5 rings (SSSR count). The van der Waals surface area contributed by atoms with Crippen LogP contribution >= 0.6 is 0 Å². The van der Waals surface area contributed by atoms with Crippen LogP contribution in [0.25, 0.3) is 11.1 Å². The third-order valence-corrected chi connectivity index (χ3v) is 7.63. The number of hydrogen-bond donors (Lipinski definition) is 2. The number of ether oxygens (including phenoxy) is 1. The van der Waals surface area contributed by atoms with Crippen molar-refractivity contribution >= 4 is 18.0 Å². The molecule has 2 unspecified atom stereocenters. The number of likely N-dealkylation sites (tertiary alicyclic amines) is 1. The summed E-state index contributed by atoms with van der Waals surface area (Å²) < 4.78 is 5.58. The Labute approximate surface area is 199 Å². The maximum absolute atomic E-state index is 12.8. The second kappa shape index (κ2) is 9.12. The van der Waals surface area contributed by atoms with Crippen LogP contribution in [0.4, 0.5) is 4.79 Å². The number of piperidine rings is 1. The lowest BCUT2D eigenvalue weighted by Gasteiger charge is -2.35. The summed E-state index contributed by atoms with van der Waals surface area (Å²) in [5, 5.41) is 12.1. The Hall–Kier alpha value is -3.35. The van der Waals surface area contributed by atoms with Crippen LogP contribution in [0.3, 0.4) is 0 Å². The molecule has 7 heteroatoms. The normalized spacial score (nSPS) is 25.3. The minimum absolute atomic E-state index is 0.0177. The summed E-state index contributed by atoms with van der Waals surface area (Å²) in [7, 11) is 0. The van der Waals surface area contributed by atoms with E-state index in [-0.39, 0.29) is 42.1 Å². The van der Waals surface area contributed by atoms with Gasteiger partial charge in [-0.2, -0.15) is 0 Å². The largest absolute Gasteiger partial charge is 0.481 e. The van der Waals surface area contributed by atoms with Crippen molar-refractivity contribution in [2.45, 2.75) is 25.7 Å². The molecular formula is C27H30N2O5. The van der Waals surface area contributed by atoms with E-state index in [9.17, 15) is 19.5 Å². The number of carboxylic acid groups (broad SMARTS) is 1. The van der Waals surface area contributed by atoms with E-state index in [4.69, 9.17) is 4.74 Å². The van der Waals surface area contributed by atoms with E-state index in [1.165, 1.54) is 22.3 Å². The lowest BCUT2D eigenvalue weighted by atomic mass is 9.87. The molecule has 3 aliphatic rings. The number of rotatable bonds is 6. The van der Waals surface area contributed by atoms with Gasteiger partial charge in [0.1, 0.15) is 6.61 Å². The van der Waals surface area contributed by atoms with Crippen molar-refractivity contribution in [3.8, 4) is 11.1 Å². The van der Waals surface area contributed by atoms with Gasteiger partial charge >= 0.3 is 12.1 Å². The fourth-order valence-electron chi connectivity index (χ4n) is 5.59. The van der Waals surface area contributed by atoms with E-state index >= 15 is 0 Å². The van der Waals surface area contributed by atoms with Gasteiger partial charge in [-0.1, -0.05) is 55.5 Å². The van der Waals surface area contributed by atoms with Crippen LogP contribution in [-0.4, -0.2) is 54.2 Å². The third-order valence-electron chi connectivity index (χ3n) is 7.63. The van der Waals surface area contributed by atoms with Crippen molar-refractivity contribution in [3.63, 3.8) is 0 Å². The average molecular weight is 463 g/mol. The molecule has 2 aliphatic carbocycles. The number of alkyl carbamates (subject to hydrolysis) is 1. The van der Waals surface area contributed by atoms with Crippen LogP contribution < -0.4 is 5.32 Å². The molecule has 1 saturated heterocycles. The number of nitrogens with zero attached hydrogens (tertiary/aromatic N) is 1. The van der Waals surface area contributed by atoms with Crippen LogP contribution in [0, 0.1) is 23.7 Å². The monoisotopic (exact) mass is 462 g/mol. The molecule has 2 fully saturated rings. The van der Waals surface area contributed by atoms with Gasteiger partial charge in [0.25, 0.3) is 0 Å². The van der Waals surface area contributed by atoms with E-state index in [0.717, 1.165) is 6.42 Å². The van der Waals surface area contributed by atoms with Gasteiger partial charge in [-0.25, -0.2) is 4.79 Å². The van der Waals surface area contributed by atoms with E-state index in [2.05, 4.69) is 29.6 Å². The molecular weight excluding hydrogens is 432 g/mol. The SMILES string of the molecule is CC1CN(C(=O)[C@@H]2C[C@@H]2CNC(=O)OCC2c3ccccc3-c3ccccc32)CCC1C(=O)O. The minimum Gasteiger partial charge on any atom is -0.481 e. The summed E-state index contributed by atoms with van der Waals surface area (Å²) in [5.74, 6) is -1.10. The van der Waals surface area contributed by atoms with E-state index < -0.39 is 12.1 Å². The zero-order valence-electron chi connectivity index (χ0n) is 19.3. The number of carbonyl (C=O) groups excluding carboxylic acids is 2. The van der Waals surface area contributed by atoms with Crippen molar-refractivity contribution in [3.05, 3.63) is 59.7 Å². The first-order valence-electron chi connectivity index (χ1n) is 12.0. The van der Waals surface area contributed by atoms with Gasteiger partial charge in [-0.05, 0) is 46.9 Å². The molecule has 34 heavy (non-hydrogen) atoms. The molecule has 0 aromatic heterocycles. The number of nitrogens with one attached hydrogen (secondary N) is 1. The van der Waals surface area contributed by atoms with Gasteiger partial charge in [-0.15, -0.1) is 0 Å². The Morgan fingerprint density at radius 2 is 1.68 bits per heavy atom. The second-order valence-corrected chi connectivity index (χ2v) is 9.80. The number of carbonyl (C=O) groups is 3. The number of aliphatic carboxylic acids is 1. The third kappa shape index (κ3) is 4.27. The molecule has 178 valence electrons. The zero-order chi connectivity index (χ0) is 23.8. The lowest BCUT2D eigenvalue weighted by Crippen LogP contribution is -2.45. The van der Waals surface area contributed by atoms with Crippen molar-refractivity contribution in [1.29, 1.82) is 0 Å². The standard InChI is InChI=1S/C27H30N2O5/c1-16-14-29(11-10-18(16)26(31)32)25(30)23-12-17(23)13-28-27(33)34-15-24-21-8-4-2-6-19(21)20-7-3-5-9-22(20)24/h2-9,16-18,23-24H,10-15H2,1H3,(H,28,33)(H,31,32)/t16?,17-,18?,23-/m1/s1. The molecule has 1 aliphatic heterocycles. The molecule has 1 heterocycles. The number of hydrogen-bond acceptors (Lipinski definition) is 4. The van der Waals surface area contributed by atoms with Crippen molar-refractivity contribution in [2.75, 3.05) is 26.2 Å². The molecule has 2 amide bonds. The predicted octanol–water partition coefficient (Wildman–Crippen LogP) is 3.73. The molecule has 0 spiro atoms. The molecule has 1 saturated carbocycles. The summed E-state index contributed by atoms with van der Waals surface area (Å²) >= 11 is 0. The summed E-state index contributed by atoms with van der Waals surface area (Å²) in [6, 6.07) is 16.4. The van der Waals surface area contributed by atoms with Gasteiger partial charge < -0.3 is 20.1 Å². The van der Waals surface area contributed by atoms with Gasteiger partial charge in [-0.3, -0.25) is 9.59 Å². The first-order valence-corrected chi connectivity index (χ1v) is 12.0. The maximum Gasteiger partial charge on any atom is 0.407 e. The highest BCUT2D eigenvalue weighted by Gasteiger charge is 2.46. The van der Waals surface area contributed by atoms with Crippen molar-refractivity contribution < 1.29 is 24.2 Å². The number of amides is 2. The molecule has 4 atom stereocenters. The summed E-state index contributed by atoms with van der Waals surface area (Å²) in [6.45, 7) is 3.54. The van der Waals surface area contributed by atoms with Crippen LogP contribution in [-0.2, 0) is 14.3 Å². The van der Waals surface area contributed by atoms with Crippen molar-refractivity contribution in [1.82, 2.24) is 10.2 Å². The van der Waals surface area contributed by atoms with Gasteiger partial charge in [0, 0.05) is 31.5 Å². The van der Waals surface area contributed by atoms with Gasteiger partial charge in [0.05, 0.1) is 5.92 Å². The Morgan fingerprint density at radius 3 is 2.29 bits per heavy atom. The smallest absolute Gasteiger partial charge is 0.407 e. The number of fused-ring (bicyclic) bond motifs is 3. The van der Waals surface area contributed by atoms with Gasteiger partial charge in [0.2, 0.25) is 5.91 Å². The second-order valence-electron chi connectivity index (χ2n) is 9.80. The highest BCUT2D eigenvalue weighted by Crippen LogP contribution is 2.44. The highest BCUT2D eigenvalue weighted by molar-refractivity contribution is 5.82. The first kappa shape index (κ1) is 22.4. The Morgan fingerprint density at radius 1 is 1.03 bits per heavy atom. The average Bonchev–Trinajstić information content (AvgIpc) is 3.55. The molecule has 7 nitrogen and oxygen atoms in total. The minimum atomic E-state index is -0.781. The lowest BCUT2D eigenvalue weighted by molar-refractivity contribution is -0.148. The van der Waals surface area contributed by atoms with Crippen LogP contribution in [0.1, 0.15) is 36.8 Å². The highest BCUT2D eigenvalue weighted by atomic mass is 16.5. The van der Waals surface area contributed by atoms with Crippen molar-refractivity contribution in [2.24, 2.45) is 23.7 Å². The first-order chi connectivity index (χ1) is 16.4. The van der Waals surface area contributed by atoms with Crippen LogP contribution in [0.15, 0.2) is 48.5 Å². The van der Waals surface area contributed by atoms with E-state index in [1.54, 1.807) is 4.90 Å². The Balaban J connectivity index is 1.09. The summed E-state index contributed by atoms with van der Waals surface area (Å²) in [4.78, 5) is 38.3. The molecule has 2 N–H and O–H groups in total. The number of benzene rings is 2. The Bertz CT molecular complexity index is 1070. The zero-order valence-corrected chi connectivity index (χ0v) is 19.3. The van der Waals surface area contributed by atoms with Crippen LogP contribution in [0.5, 0.6) is 0 Å². The molecule has 0 radical (unpaired) electrons. The Kier molecular flexibility index (Phi) is 6.02. The fraction of sp³-hybridized carbons (Fsp3) is 0.444. The topological polar surface area (TPSA) is 95.9 Å². The molecule has 2 aromatic carbocycles. The van der Waals surface area contributed by atoms with Crippen LogP contribution in [0.2, 0.25) is 0 Å². The molecule has 2 aromatic rings. The quantitative estimate of drug-likeness (QED) is 0.682. The van der Waals surface area contributed by atoms with Gasteiger partial charge in [0.15, 0.2) is 0 Å². The van der Waals surface area contributed by atoms with E-state index in [1.807, 2.05) is 31.2 Å². The number of carboxylic acids is 1. The summed E-state index contributed by atoms with van der Waals surface area (Å²) in [5.41, 5.74) is 4.72. The fourth-order valence-corrected chi connectivity index (χ4v) is 5.59. The molecule has 0 bridgehead atoms. The summed E-state index contributed by atoms with van der Waals surface area (Å²) in [6.07, 6.45) is 0.781. The predicted molar refractivity (Wildman–Crippen MR) is 126 cm³/mol. The van der Waals surface area contributed by atoms with E-state index in [0.29, 0.717) is 26.1 Å².